The molecule has 0 aliphatic heterocycles. The largest absolute Gasteiger partial charge is 0.417 e. The number of rotatable bonds is 2. The average molecular weight is 240 g/mol. The molecule has 1 aromatic carbocycles. The summed E-state index contributed by atoms with van der Waals surface area (Å²) in [5.41, 5.74) is 0.872. The van der Waals surface area contributed by atoms with Gasteiger partial charge in [0.2, 0.25) is 0 Å². The predicted molar refractivity (Wildman–Crippen MR) is 51.5 cm³/mol. The van der Waals surface area contributed by atoms with E-state index in [-0.39, 0.29) is 0 Å². The molecule has 4 heteroatoms. The second-order valence-electron chi connectivity index (χ2n) is 2.45. The first-order valence-corrected chi connectivity index (χ1v) is 4.35. The van der Waals surface area contributed by atoms with E-state index in [2.05, 4.69) is 21.4 Å². The summed E-state index contributed by atoms with van der Waals surface area (Å²) < 4.78 is 10.0. The SMILES string of the molecule is BrOc1ccccc1-c1ccno1. The van der Waals surface area contributed by atoms with Gasteiger partial charge in [-0.25, -0.2) is 0 Å². The van der Waals surface area contributed by atoms with Gasteiger partial charge in [-0.1, -0.05) is 17.3 Å². The molecule has 0 spiro atoms. The lowest BCUT2D eigenvalue weighted by Gasteiger charge is -2.01. The van der Waals surface area contributed by atoms with Crippen LogP contribution >= 0.6 is 16.3 Å². The number of para-hydroxylation sites is 1. The molecule has 3 nitrogen and oxygen atoms in total. The summed E-state index contributed by atoms with van der Waals surface area (Å²) in [5.74, 6) is 1.40. The third-order valence-electron chi connectivity index (χ3n) is 1.67. The number of hydrogen-bond donors (Lipinski definition) is 0. The second-order valence-corrected chi connectivity index (χ2v) is 2.77. The Hall–Kier alpha value is -1.29. The monoisotopic (exact) mass is 239 g/mol. The van der Waals surface area contributed by atoms with E-state index in [0.29, 0.717) is 11.5 Å². The van der Waals surface area contributed by atoms with Gasteiger partial charge < -0.3 is 8.35 Å². The molecule has 0 unspecified atom stereocenters. The maximum Gasteiger partial charge on any atom is 0.179 e. The van der Waals surface area contributed by atoms with Gasteiger partial charge in [0.1, 0.15) is 5.75 Å². The van der Waals surface area contributed by atoms with E-state index in [1.54, 1.807) is 12.3 Å². The lowest BCUT2D eigenvalue weighted by atomic mass is 10.1. The summed E-state index contributed by atoms with van der Waals surface area (Å²) in [7, 11) is 0. The van der Waals surface area contributed by atoms with Gasteiger partial charge in [0.25, 0.3) is 0 Å². The average Bonchev–Trinajstić information content (AvgIpc) is 2.70. The van der Waals surface area contributed by atoms with Crippen LogP contribution in [0.5, 0.6) is 5.75 Å². The van der Waals surface area contributed by atoms with Crippen LogP contribution in [0, 0.1) is 0 Å². The van der Waals surface area contributed by atoms with E-state index in [9.17, 15) is 0 Å². The zero-order valence-electron chi connectivity index (χ0n) is 6.61. The standard InChI is InChI=1S/C9H6BrNO2/c10-12-8-4-2-1-3-7(8)9-5-6-11-13-9/h1-6H. The van der Waals surface area contributed by atoms with Crippen molar-refractivity contribution in [1.82, 2.24) is 5.16 Å². The number of halogens is 1. The molecule has 0 bridgehead atoms. The first-order chi connectivity index (χ1) is 6.42. The Balaban J connectivity index is 2.51. The fourth-order valence-electron chi connectivity index (χ4n) is 1.09. The van der Waals surface area contributed by atoms with E-state index in [0.717, 1.165) is 5.56 Å². The molecule has 0 N–H and O–H groups in total. The third kappa shape index (κ3) is 1.58. The first-order valence-electron chi connectivity index (χ1n) is 3.70. The highest BCUT2D eigenvalue weighted by Gasteiger charge is 2.07. The fourth-order valence-corrected chi connectivity index (χ4v) is 1.37. The van der Waals surface area contributed by atoms with Crippen molar-refractivity contribution >= 4 is 16.3 Å². The number of aromatic nitrogens is 1. The third-order valence-corrected chi connectivity index (χ3v) is 2.02. The molecular formula is C9H6BrNO2. The van der Waals surface area contributed by atoms with E-state index in [1.807, 2.05) is 24.3 Å². The van der Waals surface area contributed by atoms with Crippen molar-refractivity contribution in [2.45, 2.75) is 0 Å². The molecule has 0 saturated heterocycles. The van der Waals surface area contributed by atoms with Gasteiger partial charge in [-0.2, -0.15) is 0 Å². The number of hydrogen-bond acceptors (Lipinski definition) is 3. The van der Waals surface area contributed by atoms with Gasteiger partial charge >= 0.3 is 0 Å². The summed E-state index contributed by atoms with van der Waals surface area (Å²) in [5, 5.41) is 3.63. The van der Waals surface area contributed by atoms with Crippen LogP contribution in [0.1, 0.15) is 0 Å². The van der Waals surface area contributed by atoms with Gasteiger partial charge in [0.05, 0.1) is 11.8 Å². The Morgan fingerprint density at radius 1 is 1.23 bits per heavy atom. The van der Waals surface area contributed by atoms with Crippen LogP contribution in [0.2, 0.25) is 0 Å². The zero-order chi connectivity index (χ0) is 9.10. The topological polar surface area (TPSA) is 35.3 Å². The first kappa shape index (κ1) is 8.31. The minimum atomic E-state index is 0.690. The summed E-state index contributed by atoms with van der Waals surface area (Å²) >= 11 is 2.93. The lowest BCUT2D eigenvalue weighted by Crippen LogP contribution is -1.79. The highest BCUT2D eigenvalue weighted by Crippen LogP contribution is 2.30. The van der Waals surface area contributed by atoms with Crippen molar-refractivity contribution in [1.29, 1.82) is 0 Å². The molecule has 66 valence electrons. The van der Waals surface area contributed by atoms with Crippen LogP contribution in [0.25, 0.3) is 11.3 Å². The van der Waals surface area contributed by atoms with Crippen LogP contribution in [0.15, 0.2) is 41.1 Å². The van der Waals surface area contributed by atoms with Crippen LogP contribution in [-0.4, -0.2) is 5.16 Å². The van der Waals surface area contributed by atoms with E-state index in [1.165, 1.54) is 0 Å². The smallest absolute Gasteiger partial charge is 0.179 e. The minimum absolute atomic E-state index is 0.690. The Kier molecular flexibility index (Phi) is 2.31. The molecule has 2 rings (SSSR count). The molecule has 2 aromatic rings. The maximum atomic E-state index is 5.01. The molecule has 0 aliphatic carbocycles. The molecule has 13 heavy (non-hydrogen) atoms. The molecule has 0 aliphatic rings. The molecule has 1 aromatic heterocycles. The predicted octanol–water partition coefficient (Wildman–Crippen LogP) is 3.03. The molecule has 0 fully saturated rings. The number of nitrogens with zero attached hydrogens (tertiary/aromatic N) is 1. The molecule has 0 radical (unpaired) electrons. The Labute approximate surface area is 83.8 Å². The van der Waals surface area contributed by atoms with Crippen LogP contribution < -0.4 is 3.83 Å². The van der Waals surface area contributed by atoms with Crippen molar-refractivity contribution in [3.63, 3.8) is 0 Å². The molecule has 0 atom stereocenters. The van der Waals surface area contributed by atoms with Crippen molar-refractivity contribution in [2.75, 3.05) is 0 Å². The quantitative estimate of drug-likeness (QED) is 0.809. The summed E-state index contributed by atoms with van der Waals surface area (Å²) in [4.78, 5) is 0. The lowest BCUT2D eigenvalue weighted by molar-refractivity contribution is 0.431. The summed E-state index contributed by atoms with van der Waals surface area (Å²) in [6.45, 7) is 0. The summed E-state index contributed by atoms with van der Waals surface area (Å²) in [6.07, 6.45) is 1.60. The van der Waals surface area contributed by atoms with Crippen molar-refractivity contribution < 1.29 is 8.35 Å². The molecule has 0 amide bonds. The van der Waals surface area contributed by atoms with Crippen LogP contribution in [0.3, 0.4) is 0 Å². The van der Waals surface area contributed by atoms with Crippen molar-refractivity contribution in [3.05, 3.63) is 36.5 Å². The minimum Gasteiger partial charge on any atom is -0.417 e. The Bertz CT molecular complexity index is 386. The Morgan fingerprint density at radius 3 is 2.77 bits per heavy atom. The van der Waals surface area contributed by atoms with Gasteiger partial charge in [0, 0.05) is 6.07 Å². The Morgan fingerprint density at radius 2 is 2.08 bits per heavy atom. The molecule has 1 heterocycles. The second kappa shape index (κ2) is 3.62. The van der Waals surface area contributed by atoms with E-state index in [4.69, 9.17) is 8.35 Å². The zero-order valence-corrected chi connectivity index (χ0v) is 8.19. The maximum absolute atomic E-state index is 5.01. The summed E-state index contributed by atoms with van der Waals surface area (Å²) in [6, 6.07) is 9.32. The van der Waals surface area contributed by atoms with Gasteiger partial charge in [-0.15, -0.1) is 0 Å². The van der Waals surface area contributed by atoms with Crippen LogP contribution in [0.4, 0.5) is 0 Å². The fraction of sp³-hybridized carbons (Fsp3) is 0. The normalized spacial score (nSPS) is 9.92. The van der Waals surface area contributed by atoms with Crippen molar-refractivity contribution in [2.24, 2.45) is 0 Å². The van der Waals surface area contributed by atoms with Gasteiger partial charge in [0.15, 0.2) is 22.0 Å². The number of benzene rings is 1. The van der Waals surface area contributed by atoms with E-state index >= 15 is 0 Å². The van der Waals surface area contributed by atoms with Gasteiger partial charge in [-0.05, 0) is 12.1 Å². The van der Waals surface area contributed by atoms with Gasteiger partial charge in [-0.3, -0.25) is 0 Å². The van der Waals surface area contributed by atoms with Crippen LogP contribution in [-0.2, 0) is 0 Å². The van der Waals surface area contributed by atoms with E-state index < -0.39 is 0 Å². The highest BCUT2D eigenvalue weighted by molar-refractivity contribution is 9.06. The highest BCUT2D eigenvalue weighted by atomic mass is 79.9. The molecule has 0 saturated carbocycles. The van der Waals surface area contributed by atoms with Crippen molar-refractivity contribution in [3.8, 4) is 17.1 Å². The molecular weight excluding hydrogens is 234 g/mol.